The van der Waals surface area contributed by atoms with Crippen LogP contribution < -0.4 is 9.64 Å². The third-order valence-electron chi connectivity index (χ3n) is 5.08. The predicted octanol–water partition coefficient (Wildman–Crippen LogP) is 4.25. The summed E-state index contributed by atoms with van der Waals surface area (Å²) in [7, 11) is 1.67. The van der Waals surface area contributed by atoms with Crippen LogP contribution in [0.1, 0.15) is 28.2 Å². The van der Waals surface area contributed by atoms with Gasteiger partial charge in [-0.15, -0.1) is 0 Å². The van der Waals surface area contributed by atoms with Gasteiger partial charge in [-0.2, -0.15) is 4.37 Å². The fourth-order valence-electron chi connectivity index (χ4n) is 3.53. The van der Waals surface area contributed by atoms with Crippen LogP contribution in [0.15, 0.2) is 53.0 Å². The average molecular weight is 487 g/mol. The van der Waals surface area contributed by atoms with E-state index in [0.29, 0.717) is 18.5 Å². The van der Waals surface area contributed by atoms with E-state index in [0.717, 1.165) is 52.8 Å². The van der Waals surface area contributed by atoms with E-state index in [1.165, 1.54) is 11.5 Å². The molecule has 1 aromatic heterocycles. The molecule has 1 aliphatic heterocycles. The molecule has 0 unspecified atom stereocenters. The molecule has 0 bridgehead atoms. The normalized spacial score (nSPS) is 14.5. The number of rotatable bonds is 5. The summed E-state index contributed by atoms with van der Waals surface area (Å²) in [6.45, 7) is 3.05. The minimum Gasteiger partial charge on any atom is -0.497 e. The summed E-state index contributed by atoms with van der Waals surface area (Å²) in [5.41, 5.74) is 1.84. The number of benzene rings is 2. The zero-order chi connectivity index (χ0) is 20.9. The number of ether oxygens (including phenoxy) is 1. The van der Waals surface area contributed by atoms with E-state index in [4.69, 9.17) is 9.72 Å². The molecule has 1 fully saturated rings. The van der Waals surface area contributed by atoms with Gasteiger partial charge in [0.05, 0.1) is 7.11 Å². The number of anilines is 1. The highest BCUT2D eigenvalue weighted by Crippen LogP contribution is 2.22. The van der Waals surface area contributed by atoms with Crippen molar-refractivity contribution in [1.82, 2.24) is 14.3 Å². The molecule has 4 rings (SSSR count). The Bertz CT molecular complexity index is 1030. The third-order valence-corrected chi connectivity index (χ3v) is 6.39. The summed E-state index contributed by atoms with van der Waals surface area (Å²) in [5, 5.41) is 0.921. The summed E-state index contributed by atoms with van der Waals surface area (Å²) < 4.78 is 10.8. The molecular formula is C22H23BrN4O2S. The quantitative estimate of drug-likeness (QED) is 0.539. The smallest absolute Gasteiger partial charge is 0.253 e. The topological polar surface area (TPSA) is 58.6 Å². The average Bonchev–Trinajstić information content (AvgIpc) is 3.08. The van der Waals surface area contributed by atoms with Crippen LogP contribution in [0.4, 0.5) is 5.13 Å². The van der Waals surface area contributed by atoms with Crippen molar-refractivity contribution in [2.45, 2.75) is 12.8 Å². The first-order chi connectivity index (χ1) is 14.6. The van der Waals surface area contributed by atoms with E-state index < -0.39 is 0 Å². The molecule has 0 aliphatic carbocycles. The van der Waals surface area contributed by atoms with Gasteiger partial charge in [-0.3, -0.25) is 4.79 Å². The van der Waals surface area contributed by atoms with Crippen LogP contribution in [0, 0.1) is 0 Å². The fraction of sp³-hybridized carbons (Fsp3) is 0.318. The highest BCUT2D eigenvalue weighted by molar-refractivity contribution is 9.10. The Morgan fingerprint density at radius 3 is 2.83 bits per heavy atom. The van der Waals surface area contributed by atoms with Gasteiger partial charge in [0.1, 0.15) is 11.6 Å². The number of aromatic nitrogens is 2. The van der Waals surface area contributed by atoms with Gasteiger partial charge in [-0.1, -0.05) is 34.1 Å². The number of halogens is 1. The van der Waals surface area contributed by atoms with E-state index in [-0.39, 0.29) is 5.91 Å². The van der Waals surface area contributed by atoms with Crippen molar-refractivity contribution < 1.29 is 9.53 Å². The van der Waals surface area contributed by atoms with Crippen molar-refractivity contribution in [1.29, 1.82) is 0 Å². The van der Waals surface area contributed by atoms with Crippen LogP contribution in [0.5, 0.6) is 5.75 Å². The molecule has 1 amide bonds. The Labute approximate surface area is 188 Å². The maximum Gasteiger partial charge on any atom is 0.253 e. The second-order valence-corrected chi connectivity index (χ2v) is 8.81. The fourth-order valence-corrected chi connectivity index (χ4v) is 4.66. The first-order valence-electron chi connectivity index (χ1n) is 9.87. The predicted molar refractivity (Wildman–Crippen MR) is 123 cm³/mol. The van der Waals surface area contributed by atoms with E-state index in [9.17, 15) is 4.79 Å². The van der Waals surface area contributed by atoms with Crippen LogP contribution in [0.3, 0.4) is 0 Å². The summed E-state index contributed by atoms with van der Waals surface area (Å²) in [5.74, 6) is 1.73. The van der Waals surface area contributed by atoms with Gasteiger partial charge in [0.2, 0.25) is 5.13 Å². The van der Waals surface area contributed by atoms with Crippen molar-refractivity contribution in [3.8, 4) is 5.75 Å². The van der Waals surface area contributed by atoms with Crippen LogP contribution in [0.2, 0.25) is 0 Å². The Morgan fingerprint density at radius 1 is 1.13 bits per heavy atom. The second kappa shape index (κ2) is 9.57. The van der Waals surface area contributed by atoms with Crippen molar-refractivity contribution in [3.63, 3.8) is 0 Å². The van der Waals surface area contributed by atoms with Gasteiger partial charge in [0.15, 0.2) is 0 Å². The molecule has 1 saturated heterocycles. The van der Waals surface area contributed by atoms with Crippen LogP contribution in [-0.4, -0.2) is 53.5 Å². The van der Waals surface area contributed by atoms with Gasteiger partial charge in [0, 0.05) is 54.2 Å². The number of carbonyl (C=O) groups excluding carboxylic acids is 1. The van der Waals surface area contributed by atoms with Crippen LogP contribution in [-0.2, 0) is 6.42 Å². The molecule has 0 radical (unpaired) electrons. The number of carbonyl (C=O) groups is 1. The van der Waals surface area contributed by atoms with E-state index in [1.807, 2.05) is 47.4 Å². The third kappa shape index (κ3) is 4.99. The zero-order valence-electron chi connectivity index (χ0n) is 16.8. The first-order valence-corrected chi connectivity index (χ1v) is 11.4. The molecule has 2 heterocycles. The number of hydrogen-bond acceptors (Lipinski definition) is 6. The largest absolute Gasteiger partial charge is 0.497 e. The lowest BCUT2D eigenvalue weighted by Gasteiger charge is -2.21. The van der Waals surface area contributed by atoms with Crippen molar-refractivity contribution in [3.05, 3.63) is 70.0 Å². The summed E-state index contributed by atoms with van der Waals surface area (Å²) >= 11 is 4.87. The maximum absolute atomic E-state index is 12.9. The SMILES string of the molecule is COc1cccc(Cc2nsc(N3CCCN(C(=O)c4cccc(Br)c4)CC3)n2)c1. The summed E-state index contributed by atoms with van der Waals surface area (Å²) in [4.78, 5) is 21.8. The number of nitrogens with zero attached hydrogens (tertiary/aromatic N) is 4. The highest BCUT2D eigenvalue weighted by Gasteiger charge is 2.22. The standard InChI is InChI=1S/C22H23BrN4O2S/c1-29-19-8-2-5-16(13-19)14-20-24-22(30-25-20)27-10-4-9-26(11-12-27)21(28)17-6-3-7-18(23)15-17/h2-3,5-8,13,15H,4,9-12,14H2,1H3. The van der Waals surface area contributed by atoms with Crippen molar-refractivity contribution in [2.75, 3.05) is 38.2 Å². The molecule has 0 N–H and O–H groups in total. The maximum atomic E-state index is 12.9. The second-order valence-electron chi connectivity index (χ2n) is 7.16. The Balaban J connectivity index is 1.39. The van der Waals surface area contributed by atoms with Gasteiger partial charge in [-0.25, -0.2) is 4.98 Å². The zero-order valence-corrected chi connectivity index (χ0v) is 19.2. The lowest BCUT2D eigenvalue weighted by molar-refractivity contribution is 0.0767. The molecule has 2 aromatic carbocycles. The van der Waals surface area contributed by atoms with E-state index >= 15 is 0 Å². The minimum absolute atomic E-state index is 0.0779. The van der Waals surface area contributed by atoms with Crippen molar-refractivity contribution in [2.24, 2.45) is 0 Å². The molecule has 3 aromatic rings. The van der Waals surface area contributed by atoms with Crippen molar-refractivity contribution >= 4 is 38.5 Å². The molecular weight excluding hydrogens is 464 g/mol. The molecule has 30 heavy (non-hydrogen) atoms. The first kappa shape index (κ1) is 20.8. The summed E-state index contributed by atoms with van der Waals surface area (Å²) in [6.07, 6.45) is 1.58. The minimum atomic E-state index is 0.0779. The Kier molecular flexibility index (Phi) is 6.64. The molecule has 8 heteroatoms. The van der Waals surface area contributed by atoms with Crippen LogP contribution in [0.25, 0.3) is 0 Å². The Hall–Kier alpha value is -2.45. The lowest BCUT2D eigenvalue weighted by Crippen LogP contribution is -2.35. The highest BCUT2D eigenvalue weighted by atomic mass is 79.9. The summed E-state index contributed by atoms with van der Waals surface area (Å²) in [6, 6.07) is 15.5. The van der Waals surface area contributed by atoms with E-state index in [1.54, 1.807) is 7.11 Å². The van der Waals surface area contributed by atoms with Gasteiger partial charge < -0.3 is 14.5 Å². The monoisotopic (exact) mass is 486 g/mol. The van der Waals surface area contributed by atoms with Crippen LogP contribution >= 0.6 is 27.5 Å². The van der Waals surface area contributed by atoms with Gasteiger partial charge >= 0.3 is 0 Å². The molecule has 0 spiro atoms. The van der Waals surface area contributed by atoms with E-state index in [2.05, 4.69) is 31.3 Å². The molecule has 0 atom stereocenters. The molecule has 0 saturated carbocycles. The molecule has 156 valence electrons. The Morgan fingerprint density at radius 2 is 2.00 bits per heavy atom. The van der Waals surface area contributed by atoms with Gasteiger partial charge in [-0.05, 0) is 42.3 Å². The molecule has 1 aliphatic rings. The molecule has 6 nitrogen and oxygen atoms in total. The lowest BCUT2D eigenvalue weighted by atomic mass is 10.1. The number of methoxy groups -OCH3 is 1. The van der Waals surface area contributed by atoms with Gasteiger partial charge in [0.25, 0.3) is 5.91 Å². The number of hydrogen-bond donors (Lipinski definition) is 0. The number of amides is 1.